The van der Waals surface area contributed by atoms with Gasteiger partial charge < -0.3 is 4.74 Å². The number of hydrogen-bond donors (Lipinski definition) is 0. The van der Waals surface area contributed by atoms with E-state index in [1.54, 1.807) is 0 Å². The second-order valence-electron chi connectivity index (χ2n) is 4.67. The number of aromatic nitrogens is 2. The van der Waals surface area contributed by atoms with E-state index in [1.807, 2.05) is 24.5 Å². The maximum Gasteiger partial charge on any atom is 0.0888 e. The highest BCUT2D eigenvalue weighted by Gasteiger charge is 2.02. The second kappa shape index (κ2) is 7.98. The molecule has 3 nitrogen and oxygen atoms in total. The summed E-state index contributed by atoms with van der Waals surface area (Å²) in [6.45, 7) is 3.42. The van der Waals surface area contributed by atoms with Crippen LogP contribution in [-0.2, 0) is 11.2 Å². The van der Waals surface area contributed by atoms with E-state index in [2.05, 4.69) is 29.0 Å². The Hall–Kier alpha value is -1.45. The summed E-state index contributed by atoms with van der Waals surface area (Å²) in [5, 5.41) is 0. The Balaban J connectivity index is 1.97. The zero-order valence-electron chi connectivity index (χ0n) is 11.7. The van der Waals surface area contributed by atoms with Gasteiger partial charge in [0.05, 0.1) is 18.0 Å². The fourth-order valence-electron chi connectivity index (χ4n) is 1.98. The molecular weight excluding hydrogens is 272 g/mol. The summed E-state index contributed by atoms with van der Waals surface area (Å²) in [6, 6.07) is 8.18. The molecule has 2 heterocycles. The quantitative estimate of drug-likeness (QED) is 0.577. The van der Waals surface area contributed by atoms with Crippen molar-refractivity contribution >= 4 is 11.6 Å². The van der Waals surface area contributed by atoms with Crippen molar-refractivity contribution in [3.63, 3.8) is 0 Å². The van der Waals surface area contributed by atoms with E-state index in [-0.39, 0.29) is 0 Å². The van der Waals surface area contributed by atoms with Crippen molar-refractivity contribution < 1.29 is 4.74 Å². The summed E-state index contributed by atoms with van der Waals surface area (Å²) in [5.41, 5.74) is 4.29. The highest BCUT2D eigenvalue weighted by Crippen LogP contribution is 2.17. The van der Waals surface area contributed by atoms with Gasteiger partial charge >= 0.3 is 0 Å². The Morgan fingerprint density at radius 3 is 2.55 bits per heavy atom. The Labute approximate surface area is 125 Å². The van der Waals surface area contributed by atoms with E-state index in [0.717, 1.165) is 30.8 Å². The molecular formula is C16H19ClN2O. The minimum absolute atomic E-state index is 0.554. The van der Waals surface area contributed by atoms with Crippen LogP contribution in [0.25, 0.3) is 11.4 Å². The van der Waals surface area contributed by atoms with Gasteiger partial charge in [0.2, 0.25) is 0 Å². The van der Waals surface area contributed by atoms with Gasteiger partial charge in [-0.15, -0.1) is 11.6 Å². The van der Waals surface area contributed by atoms with Crippen LogP contribution in [0.15, 0.2) is 36.7 Å². The van der Waals surface area contributed by atoms with Crippen molar-refractivity contribution in [3.05, 3.63) is 47.8 Å². The lowest BCUT2D eigenvalue weighted by Crippen LogP contribution is -1.99. The predicted octanol–water partition coefficient (Wildman–Crippen LogP) is 3.64. The Kier molecular flexibility index (Phi) is 5.96. The number of halogens is 1. The molecule has 0 aliphatic heterocycles. The molecule has 0 amide bonds. The molecule has 0 unspecified atom stereocenters. The molecule has 0 saturated carbocycles. The minimum atomic E-state index is 0.554. The fourth-order valence-corrected chi connectivity index (χ4v) is 2.09. The summed E-state index contributed by atoms with van der Waals surface area (Å²) < 4.78 is 5.38. The molecule has 0 fully saturated rings. The number of rotatable bonds is 7. The lowest BCUT2D eigenvalue weighted by atomic mass is 10.1. The highest BCUT2D eigenvalue weighted by atomic mass is 35.5. The van der Waals surface area contributed by atoms with Gasteiger partial charge in [-0.2, -0.15) is 0 Å². The van der Waals surface area contributed by atoms with Gasteiger partial charge in [0.1, 0.15) is 0 Å². The van der Waals surface area contributed by atoms with Crippen LogP contribution in [0.1, 0.15) is 17.5 Å². The molecule has 0 radical (unpaired) electrons. The number of pyridine rings is 2. The van der Waals surface area contributed by atoms with Crippen molar-refractivity contribution in [2.75, 3.05) is 19.1 Å². The summed E-state index contributed by atoms with van der Waals surface area (Å²) in [7, 11) is 0. The molecule has 0 saturated heterocycles. The second-order valence-corrected chi connectivity index (χ2v) is 5.05. The minimum Gasteiger partial charge on any atom is -0.380 e. The number of aryl methyl sites for hydroxylation is 2. The molecule has 0 atom stereocenters. The van der Waals surface area contributed by atoms with Crippen LogP contribution in [0, 0.1) is 6.92 Å². The van der Waals surface area contributed by atoms with Crippen LogP contribution in [0.4, 0.5) is 0 Å². The molecule has 4 heteroatoms. The van der Waals surface area contributed by atoms with Gasteiger partial charge in [-0.3, -0.25) is 9.97 Å². The Morgan fingerprint density at radius 1 is 1.05 bits per heavy atom. The summed E-state index contributed by atoms with van der Waals surface area (Å²) in [5.74, 6) is 0.554. The maximum absolute atomic E-state index is 5.56. The topological polar surface area (TPSA) is 35.0 Å². The third-order valence-corrected chi connectivity index (χ3v) is 3.13. The molecule has 0 N–H and O–H groups in total. The van der Waals surface area contributed by atoms with Crippen LogP contribution in [0.3, 0.4) is 0 Å². The molecule has 0 aromatic carbocycles. The SMILES string of the molecule is Cc1ccnc(-c2cc(CCCOCCCl)ccn2)c1. The average Bonchev–Trinajstić information content (AvgIpc) is 2.47. The third-order valence-electron chi connectivity index (χ3n) is 2.98. The van der Waals surface area contributed by atoms with Gasteiger partial charge in [0.25, 0.3) is 0 Å². The van der Waals surface area contributed by atoms with Crippen molar-refractivity contribution in [2.24, 2.45) is 0 Å². The standard InChI is InChI=1S/C16H19ClN2O/c1-13-4-7-18-15(11-13)16-12-14(5-8-19-16)3-2-9-20-10-6-17/h4-5,7-8,11-12H,2-3,6,9-10H2,1H3. The molecule has 0 spiro atoms. The largest absolute Gasteiger partial charge is 0.380 e. The average molecular weight is 291 g/mol. The first kappa shape index (κ1) is 14.9. The fraction of sp³-hybridized carbons (Fsp3) is 0.375. The molecule has 2 aromatic heterocycles. The number of nitrogens with zero attached hydrogens (tertiary/aromatic N) is 2. The van der Waals surface area contributed by atoms with Crippen LogP contribution in [-0.4, -0.2) is 29.1 Å². The first-order chi connectivity index (χ1) is 9.79. The monoisotopic (exact) mass is 290 g/mol. The Morgan fingerprint density at radius 2 is 1.80 bits per heavy atom. The highest BCUT2D eigenvalue weighted by molar-refractivity contribution is 6.17. The zero-order chi connectivity index (χ0) is 14.2. The van der Waals surface area contributed by atoms with Crippen LogP contribution in [0.5, 0.6) is 0 Å². The van der Waals surface area contributed by atoms with E-state index >= 15 is 0 Å². The van der Waals surface area contributed by atoms with E-state index in [1.165, 1.54) is 11.1 Å². The number of alkyl halides is 1. The summed E-state index contributed by atoms with van der Waals surface area (Å²) in [4.78, 5) is 8.77. The van der Waals surface area contributed by atoms with Gasteiger partial charge in [0, 0.05) is 24.9 Å². The lowest BCUT2D eigenvalue weighted by molar-refractivity contribution is 0.147. The molecule has 0 bridgehead atoms. The molecule has 106 valence electrons. The van der Waals surface area contributed by atoms with Gasteiger partial charge in [0.15, 0.2) is 0 Å². The Bertz CT molecular complexity index is 546. The van der Waals surface area contributed by atoms with E-state index in [0.29, 0.717) is 12.5 Å². The lowest BCUT2D eigenvalue weighted by Gasteiger charge is -2.05. The van der Waals surface area contributed by atoms with E-state index in [9.17, 15) is 0 Å². The first-order valence-electron chi connectivity index (χ1n) is 6.81. The van der Waals surface area contributed by atoms with E-state index in [4.69, 9.17) is 16.3 Å². The smallest absolute Gasteiger partial charge is 0.0888 e. The van der Waals surface area contributed by atoms with Gasteiger partial charge in [-0.25, -0.2) is 0 Å². The van der Waals surface area contributed by atoms with Crippen LogP contribution >= 0.6 is 11.6 Å². The number of hydrogen-bond acceptors (Lipinski definition) is 3. The molecule has 2 rings (SSSR count). The van der Waals surface area contributed by atoms with Crippen molar-refractivity contribution in [1.29, 1.82) is 0 Å². The number of ether oxygens (including phenoxy) is 1. The first-order valence-corrected chi connectivity index (χ1v) is 7.35. The molecule has 0 aliphatic carbocycles. The van der Waals surface area contributed by atoms with Crippen LogP contribution < -0.4 is 0 Å². The molecule has 20 heavy (non-hydrogen) atoms. The predicted molar refractivity (Wildman–Crippen MR) is 82.1 cm³/mol. The van der Waals surface area contributed by atoms with Crippen LogP contribution in [0.2, 0.25) is 0 Å². The van der Waals surface area contributed by atoms with Crippen molar-refractivity contribution in [2.45, 2.75) is 19.8 Å². The van der Waals surface area contributed by atoms with Gasteiger partial charge in [-0.05, 0) is 55.2 Å². The van der Waals surface area contributed by atoms with Crippen molar-refractivity contribution in [3.8, 4) is 11.4 Å². The molecule has 0 aliphatic rings. The zero-order valence-corrected chi connectivity index (χ0v) is 12.4. The molecule has 2 aromatic rings. The maximum atomic E-state index is 5.56. The summed E-state index contributed by atoms with van der Waals surface area (Å²) in [6.07, 6.45) is 5.62. The van der Waals surface area contributed by atoms with Crippen molar-refractivity contribution in [1.82, 2.24) is 9.97 Å². The van der Waals surface area contributed by atoms with E-state index < -0.39 is 0 Å². The van der Waals surface area contributed by atoms with Gasteiger partial charge in [-0.1, -0.05) is 0 Å². The third kappa shape index (κ3) is 4.58. The normalized spacial score (nSPS) is 10.7. The summed E-state index contributed by atoms with van der Waals surface area (Å²) >= 11 is 5.56.